The standard InChI is InChI=1S/C19H27NO3S/c1-14(16-7-6-15-4-2-3-5-17(15)12-16)20-19(21)13-24(22)18-8-10-23-11-9-18/h6-7,12,14,18H,2-5,8-11,13H2,1H3,(H,20,21). The third kappa shape index (κ3) is 4.45. The Bertz CT molecular complexity index is 611. The zero-order valence-corrected chi connectivity index (χ0v) is 15.2. The number of hydrogen-bond acceptors (Lipinski definition) is 3. The smallest absolute Gasteiger partial charge is 0.233 e. The summed E-state index contributed by atoms with van der Waals surface area (Å²) in [4.78, 5) is 12.2. The lowest BCUT2D eigenvalue weighted by Gasteiger charge is -2.22. The molecule has 1 saturated heterocycles. The summed E-state index contributed by atoms with van der Waals surface area (Å²) in [6.45, 7) is 3.31. The van der Waals surface area contributed by atoms with Crippen molar-refractivity contribution >= 4 is 16.7 Å². The molecular formula is C19H27NO3S. The van der Waals surface area contributed by atoms with Gasteiger partial charge in [-0.3, -0.25) is 9.00 Å². The largest absolute Gasteiger partial charge is 0.381 e. The summed E-state index contributed by atoms with van der Waals surface area (Å²) in [5, 5.41) is 3.11. The maximum atomic E-state index is 12.3. The Balaban J connectivity index is 1.54. The lowest BCUT2D eigenvalue weighted by molar-refractivity contribution is -0.119. The highest BCUT2D eigenvalue weighted by atomic mass is 32.2. The summed E-state index contributed by atoms with van der Waals surface area (Å²) >= 11 is 0. The van der Waals surface area contributed by atoms with Gasteiger partial charge in [0.1, 0.15) is 5.75 Å². The monoisotopic (exact) mass is 349 g/mol. The van der Waals surface area contributed by atoms with Gasteiger partial charge in [0.15, 0.2) is 0 Å². The van der Waals surface area contributed by atoms with Crippen LogP contribution in [0.5, 0.6) is 0 Å². The molecule has 1 N–H and O–H groups in total. The molecule has 24 heavy (non-hydrogen) atoms. The summed E-state index contributed by atoms with van der Waals surface area (Å²) in [6, 6.07) is 6.50. The first-order valence-corrected chi connectivity index (χ1v) is 10.4. The SMILES string of the molecule is CC(NC(=O)CS(=O)C1CCOCC1)c1ccc2c(c1)CCCC2. The lowest BCUT2D eigenvalue weighted by atomic mass is 9.89. The fourth-order valence-corrected chi connectivity index (χ4v) is 4.87. The minimum absolute atomic E-state index is 0.0450. The molecule has 0 radical (unpaired) electrons. The van der Waals surface area contributed by atoms with E-state index in [0.29, 0.717) is 13.2 Å². The maximum absolute atomic E-state index is 12.3. The number of nitrogens with one attached hydrogen (secondary N) is 1. The van der Waals surface area contributed by atoms with Gasteiger partial charge in [-0.15, -0.1) is 0 Å². The normalized spacial score (nSPS) is 20.9. The van der Waals surface area contributed by atoms with Crippen LogP contribution in [0.25, 0.3) is 0 Å². The highest BCUT2D eigenvalue weighted by Gasteiger charge is 2.23. The Morgan fingerprint density at radius 3 is 2.71 bits per heavy atom. The molecule has 0 spiro atoms. The quantitative estimate of drug-likeness (QED) is 0.889. The summed E-state index contributed by atoms with van der Waals surface area (Å²) < 4.78 is 17.6. The van der Waals surface area contributed by atoms with Crippen molar-refractivity contribution in [2.24, 2.45) is 0 Å². The van der Waals surface area contributed by atoms with Crippen LogP contribution in [0.4, 0.5) is 0 Å². The molecule has 1 aliphatic carbocycles. The van der Waals surface area contributed by atoms with E-state index in [0.717, 1.165) is 24.8 Å². The van der Waals surface area contributed by atoms with Gasteiger partial charge in [0.05, 0.1) is 6.04 Å². The van der Waals surface area contributed by atoms with Gasteiger partial charge >= 0.3 is 0 Å². The van der Waals surface area contributed by atoms with Crippen LogP contribution in [0.1, 0.15) is 55.3 Å². The van der Waals surface area contributed by atoms with Gasteiger partial charge in [0.2, 0.25) is 5.91 Å². The Morgan fingerprint density at radius 1 is 1.25 bits per heavy atom. The van der Waals surface area contributed by atoms with E-state index in [4.69, 9.17) is 4.74 Å². The number of rotatable bonds is 5. The average Bonchev–Trinajstić information content (AvgIpc) is 2.61. The van der Waals surface area contributed by atoms with Crippen molar-refractivity contribution in [2.75, 3.05) is 19.0 Å². The number of carbonyl (C=O) groups excluding carboxylic acids is 1. The van der Waals surface area contributed by atoms with Crippen molar-refractivity contribution in [2.45, 2.75) is 56.7 Å². The molecule has 1 aliphatic heterocycles. The molecule has 1 heterocycles. The molecule has 1 aromatic rings. The lowest BCUT2D eigenvalue weighted by Crippen LogP contribution is -2.35. The number of amides is 1. The minimum atomic E-state index is -1.10. The molecular weight excluding hydrogens is 322 g/mol. The first-order valence-electron chi connectivity index (χ1n) is 8.99. The number of hydrogen-bond donors (Lipinski definition) is 1. The van der Waals surface area contributed by atoms with Crippen LogP contribution in [-0.4, -0.2) is 34.3 Å². The van der Waals surface area contributed by atoms with E-state index in [1.54, 1.807) is 0 Å². The van der Waals surface area contributed by atoms with Crippen LogP contribution in [0.15, 0.2) is 18.2 Å². The minimum Gasteiger partial charge on any atom is -0.381 e. The van der Waals surface area contributed by atoms with E-state index < -0.39 is 10.8 Å². The van der Waals surface area contributed by atoms with Crippen LogP contribution >= 0.6 is 0 Å². The van der Waals surface area contributed by atoms with Crippen LogP contribution < -0.4 is 5.32 Å². The first kappa shape index (κ1) is 17.6. The molecule has 0 aromatic heterocycles. The fraction of sp³-hybridized carbons (Fsp3) is 0.632. The second-order valence-corrected chi connectivity index (χ2v) is 8.58. The van der Waals surface area contributed by atoms with Crippen LogP contribution in [0.3, 0.4) is 0 Å². The van der Waals surface area contributed by atoms with E-state index in [1.165, 1.54) is 30.4 Å². The van der Waals surface area contributed by atoms with Crippen LogP contribution in [0.2, 0.25) is 0 Å². The van der Waals surface area contributed by atoms with Gasteiger partial charge in [-0.1, -0.05) is 18.2 Å². The zero-order chi connectivity index (χ0) is 16.9. The van der Waals surface area contributed by atoms with Gasteiger partial charge in [-0.05, 0) is 62.1 Å². The van der Waals surface area contributed by atoms with Crippen molar-refractivity contribution < 1.29 is 13.7 Å². The molecule has 0 bridgehead atoms. The topological polar surface area (TPSA) is 55.4 Å². The molecule has 2 unspecified atom stereocenters. The van der Waals surface area contributed by atoms with Gasteiger partial charge in [-0.2, -0.15) is 0 Å². The van der Waals surface area contributed by atoms with E-state index >= 15 is 0 Å². The predicted octanol–water partition coefficient (Wildman–Crippen LogP) is 2.67. The first-order chi connectivity index (χ1) is 11.6. The molecule has 4 nitrogen and oxygen atoms in total. The Morgan fingerprint density at radius 2 is 1.96 bits per heavy atom. The van der Waals surface area contributed by atoms with E-state index in [9.17, 15) is 9.00 Å². The van der Waals surface area contributed by atoms with Crippen LogP contribution in [-0.2, 0) is 33.2 Å². The number of fused-ring (bicyclic) bond motifs is 1. The third-order valence-corrected chi connectivity index (χ3v) is 6.83. The van der Waals surface area contributed by atoms with Gasteiger partial charge in [0, 0.05) is 29.3 Å². The molecule has 2 aliphatic rings. The van der Waals surface area contributed by atoms with E-state index in [1.807, 2.05) is 6.92 Å². The van der Waals surface area contributed by atoms with Gasteiger partial charge in [-0.25, -0.2) is 0 Å². The molecule has 3 rings (SSSR count). The van der Waals surface area contributed by atoms with Crippen molar-refractivity contribution in [3.63, 3.8) is 0 Å². The van der Waals surface area contributed by atoms with E-state index in [-0.39, 0.29) is 23.0 Å². The Labute approximate surface area is 146 Å². The van der Waals surface area contributed by atoms with E-state index in [2.05, 4.69) is 23.5 Å². The number of ether oxygens (including phenoxy) is 1. The van der Waals surface area contributed by atoms with Crippen molar-refractivity contribution in [3.05, 3.63) is 34.9 Å². The van der Waals surface area contributed by atoms with Crippen molar-refractivity contribution in [1.29, 1.82) is 0 Å². The molecule has 0 saturated carbocycles. The Hall–Kier alpha value is -1.20. The average molecular weight is 349 g/mol. The predicted molar refractivity (Wildman–Crippen MR) is 96.5 cm³/mol. The molecule has 1 fully saturated rings. The summed E-state index contributed by atoms with van der Waals surface area (Å²) in [6.07, 6.45) is 6.41. The number of aryl methyl sites for hydroxylation is 2. The summed E-state index contributed by atoms with van der Waals surface area (Å²) in [7, 11) is -1.10. The molecule has 132 valence electrons. The van der Waals surface area contributed by atoms with Gasteiger partial charge in [0.25, 0.3) is 0 Å². The van der Waals surface area contributed by atoms with Crippen molar-refractivity contribution in [3.8, 4) is 0 Å². The number of benzene rings is 1. The highest BCUT2D eigenvalue weighted by molar-refractivity contribution is 7.86. The number of carbonyl (C=O) groups is 1. The third-order valence-electron chi connectivity index (χ3n) is 5.06. The Kier molecular flexibility index (Phi) is 6.06. The second-order valence-electron chi connectivity index (χ2n) is 6.86. The molecule has 1 aromatic carbocycles. The maximum Gasteiger partial charge on any atom is 0.233 e. The zero-order valence-electron chi connectivity index (χ0n) is 14.4. The summed E-state index contributed by atoms with van der Waals surface area (Å²) in [5.74, 6) is -0.0232. The fourth-order valence-electron chi connectivity index (χ4n) is 3.58. The van der Waals surface area contributed by atoms with Crippen LogP contribution in [0, 0.1) is 0 Å². The molecule has 1 amide bonds. The highest BCUT2D eigenvalue weighted by Crippen LogP contribution is 2.24. The van der Waals surface area contributed by atoms with Crippen molar-refractivity contribution in [1.82, 2.24) is 5.32 Å². The second kappa shape index (κ2) is 8.26. The molecule has 2 atom stereocenters. The molecule has 5 heteroatoms. The van der Waals surface area contributed by atoms with Gasteiger partial charge < -0.3 is 10.1 Å². The summed E-state index contributed by atoms with van der Waals surface area (Å²) in [5.41, 5.74) is 4.01.